The van der Waals surface area contributed by atoms with Crippen LogP contribution >= 0.6 is 0 Å². The summed E-state index contributed by atoms with van der Waals surface area (Å²) in [4.78, 5) is 26.2. The Bertz CT molecular complexity index is 1290. The van der Waals surface area contributed by atoms with Crippen molar-refractivity contribution in [3.05, 3.63) is 97.2 Å². The second-order valence-corrected chi connectivity index (χ2v) is 17.9. The van der Waals surface area contributed by atoms with Crippen LogP contribution in [0.3, 0.4) is 0 Å². The second kappa shape index (κ2) is 51.8. The fourth-order valence-corrected chi connectivity index (χ4v) is 7.53. The van der Waals surface area contributed by atoms with Crippen molar-refractivity contribution in [3.8, 4) is 0 Å². The van der Waals surface area contributed by atoms with Crippen LogP contribution in [-0.2, 0) is 14.3 Å². The number of carbonyl (C=O) groups excluding carboxylic acids is 2. The van der Waals surface area contributed by atoms with Crippen molar-refractivity contribution >= 4 is 11.9 Å². The zero-order chi connectivity index (χ0) is 47.4. The number of rotatable bonds is 47. The minimum Gasteiger partial charge on any atom is -0.462 e. The van der Waals surface area contributed by atoms with Gasteiger partial charge in [-0.05, 0) is 103 Å². The summed E-state index contributed by atoms with van der Waals surface area (Å²) in [6.07, 6.45) is 69.0. The second-order valence-electron chi connectivity index (χ2n) is 17.9. The molecule has 0 heterocycles. The van der Waals surface area contributed by atoms with Gasteiger partial charge in [0.2, 0.25) is 5.91 Å². The highest BCUT2D eigenvalue weighted by molar-refractivity contribution is 5.77. The van der Waals surface area contributed by atoms with Crippen molar-refractivity contribution < 1.29 is 24.5 Å². The number of unbranched alkanes of at least 4 members (excludes halogenated alkanes) is 19. The first-order chi connectivity index (χ1) is 32.0. The van der Waals surface area contributed by atoms with Gasteiger partial charge in [-0.3, -0.25) is 9.59 Å². The Morgan fingerprint density at radius 2 is 0.800 bits per heavy atom. The van der Waals surface area contributed by atoms with Gasteiger partial charge in [0.05, 0.1) is 25.2 Å². The number of allylic oxidation sites excluding steroid dienone is 16. The maximum Gasteiger partial charge on any atom is 0.306 e. The standard InChI is InChI=1S/C59H101NO5/c1-4-7-10-13-16-19-22-25-27-29-31-33-35-38-41-44-47-50-55(65-59(64)52-49-46-43-40-37-34-32-30-28-26-23-20-17-14-11-8-5-2)53-58(63)60-56(54-61)57(62)51-48-45-42-39-36-24-21-18-15-12-9-6-3/h16-17,19-20,25-28,31-34,38,40-41,43,55-57,61-62H,4-15,18,21-24,29-30,35-37,39,42,44-54H2,1-3H3,(H,60,63)/b19-16-,20-17-,27-25-,28-26-,33-31-,34-32-,41-38-,43-40-. The van der Waals surface area contributed by atoms with Crippen LogP contribution in [0.2, 0.25) is 0 Å². The topological polar surface area (TPSA) is 95.9 Å². The fraction of sp³-hybridized carbons (Fsp3) is 0.695. The number of nitrogens with one attached hydrogen (secondary N) is 1. The third-order valence-electron chi connectivity index (χ3n) is 11.6. The number of aliphatic hydroxyl groups excluding tert-OH is 2. The summed E-state index contributed by atoms with van der Waals surface area (Å²) in [5, 5.41) is 23.8. The summed E-state index contributed by atoms with van der Waals surface area (Å²) in [6, 6.07) is -0.736. The van der Waals surface area contributed by atoms with Crippen LogP contribution in [0.5, 0.6) is 0 Å². The van der Waals surface area contributed by atoms with E-state index in [1.807, 2.05) is 0 Å². The third kappa shape index (κ3) is 47.1. The molecule has 0 radical (unpaired) electrons. The summed E-state index contributed by atoms with van der Waals surface area (Å²) in [5.74, 6) is -0.600. The Balaban J connectivity index is 4.80. The SMILES string of the molecule is CCCCC/C=C\C/C=C\C/C=C\C/C=C\CCCC(=O)OC(CCC/C=C\C/C=C\C/C=C\C/C=C\CCCCC)CC(=O)NC(CO)C(O)CCCCCCCCCCCCCC. The molecule has 0 saturated carbocycles. The van der Waals surface area contributed by atoms with E-state index in [-0.39, 0.29) is 24.9 Å². The first-order valence-corrected chi connectivity index (χ1v) is 27.0. The van der Waals surface area contributed by atoms with E-state index in [0.29, 0.717) is 25.7 Å². The molecule has 0 bridgehead atoms. The molecule has 3 N–H and O–H groups in total. The van der Waals surface area contributed by atoms with Crippen molar-refractivity contribution in [1.29, 1.82) is 0 Å². The number of hydrogen-bond acceptors (Lipinski definition) is 5. The first-order valence-electron chi connectivity index (χ1n) is 27.0. The Hall–Kier alpha value is -3.22. The van der Waals surface area contributed by atoms with Gasteiger partial charge >= 0.3 is 5.97 Å². The van der Waals surface area contributed by atoms with Gasteiger partial charge in [-0.25, -0.2) is 0 Å². The van der Waals surface area contributed by atoms with Crippen LogP contribution in [0, 0.1) is 0 Å². The Kier molecular flexibility index (Phi) is 49.2. The predicted octanol–water partition coefficient (Wildman–Crippen LogP) is 16.5. The normalized spacial score (nSPS) is 14.0. The van der Waals surface area contributed by atoms with Crippen molar-refractivity contribution in [2.75, 3.05) is 6.61 Å². The molecular formula is C59H101NO5. The lowest BCUT2D eigenvalue weighted by Gasteiger charge is -2.24. The molecule has 0 aliphatic heterocycles. The van der Waals surface area contributed by atoms with Gasteiger partial charge in [-0.1, -0.05) is 221 Å². The summed E-state index contributed by atoms with van der Waals surface area (Å²) >= 11 is 0. The maximum absolute atomic E-state index is 13.2. The molecule has 65 heavy (non-hydrogen) atoms. The van der Waals surface area contributed by atoms with Crippen molar-refractivity contribution in [2.24, 2.45) is 0 Å². The molecule has 3 atom stereocenters. The largest absolute Gasteiger partial charge is 0.462 e. The monoisotopic (exact) mass is 904 g/mol. The lowest BCUT2D eigenvalue weighted by molar-refractivity contribution is -0.151. The van der Waals surface area contributed by atoms with Crippen LogP contribution < -0.4 is 5.32 Å². The molecular weight excluding hydrogens is 803 g/mol. The molecule has 0 rings (SSSR count). The van der Waals surface area contributed by atoms with Crippen molar-refractivity contribution in [3.63, 3.8) is 0 Å². The lowest BCUT2D eigenvalue weighted by atomic mass is 10.0. The van der Waals surface area contributed by atoms with Crippen LogP contribution in [-0.4, -0.2) is 46.9 Å². The van der Waals surface area contributed by atoms with E-state index >= 15 is 0 Å². The zero-order valence-corrected chi connectivity index (χ0v) is 42.3. The molecule has 0 aliphatic carbocycles. The minimum atomic E-state index is -0.816. The van der Waals surface area contributed by atoms with Gasteiger partial charge < -0.3 is 20.3 Å². The summed E-state index contributed by atoms with van der Waals surface area (Å²) in [7, 11) is 0. The van der Waals surface area contributed by atoms with E-state index in [0.717, 1.165) is 77.0 Å². The summed E-state index contributed by atoms with van der Waals surface area (Å²) in [5.41, 5.74) is 0. The third-order valence-corrected chi connectivity index (χ3v) is 11.6. The van der Waals surface area contributed by atoms with Crippen molar-refractivity contribution in [1.82, 2.24) is 5.32 Å². The van der Waals surface area contributed by atoms with Gasteiger partial charge in [0.1, 0.15) is 6.10 Å². The van der Waals surface area contributed by atoms with Crippen LogP contribution in [0.1, 0.15) is 239 Å². The fourth-order valence-electron chi connectivity index (χ4n) is 7.53. The highest BCUT2D eigenvalue weighted by atomic mass is 16.5. The Labute approximate surface area is 401 Å². The average molecular weight is 904 g/mol. The van der Waals surface area contributed by atoms with Gasteiger partial charge in [-0.2, -0.15) is 0 Å². The molecule has 0 aromatic heterocycles. The molecule has 0 aliphatic rings. The van der Waals surface area contributed by atoms with Gasteiger partial charge in [0.15, 0.2) is 0 Å². The van der Waals surface area contributed by atoms with E-state index in [4.69, 9.17) is 4.74 Å². The Morgan fingerprint density at radius 3 is 1.22 bits per heavy atom. The molecule has 0 spiro atoms. The lowest BCUT2D eigenvalue weighted by Crippen LogP contribution is -2.46. The predicted molar refractivity (Wildman–Crippen MR) is 282 cm³/mol. The zero-order valence-electron chi connectivity index (χ0n) is 42.3. The van der Waals surface area contributed by atoms with E-state index in [9.17, 15) is 19.8 Å². The highest BCUT2D eigenvalue weighted by Gasteiger charge is 2.24. The van der Waals surface area contributed by atoms with Gasteiger partial charge in [0, 0.05) is 6.42 Å². The Morgan fingerprint density at radius 1 is 0.446 bits per heavy atom. The molecule has 6 heteroatoms. The van der Waals surface area contributed by atoms with Crippen LogP contribution in [0.25, 0.3) is 0 Å². The maximum atomic E-state index is 13.2. The molecule has 0 aromatic carbocycles. The minimum absolute atomic E-state index is 0.0132. The number of ether oxygens (including phenoxy) is 1. The molecule has 1 amide bonds. The van der Waals surface area contributed by atoms with Crippen LogP contribution in [0.4, 0.5) is 0 Å². The van der Waals surface area contributed by atoms with E-state index in [2.05, 4.69) is 123 Å². The highest BCUT2D eigenvalue weighted by Crippen LogP contribution is 2.16. The molecule has 0 fully saturated rings. The van der Waals surface area contributed by atoms with Gasteiger partial charge in [-0.15, -0.1) is 0 Å². The molecule has 6 nitrogen and oxygen atoms in total. The van der Waals surface area contributed by atoms with Gasteiger partial charge in [0.25, 0.3) is 0 Å². The molecule has 3 unspecified atom stereocenters. The molecule has 372 valence electrons. The summed E-state index contributed by atoms with van der Waals surface area (Å²) < 4.78 is 5.89. The van der Waals surface area contributed by atoms with Crippen molar-refractivity contribution in [2.45, 2.75) is 257 Å². The van der Waals surface area contributed by atoms with E-state index < -0.39 is 18.2 Å². The smallest absolute Gasteiger partial charge is 0.306 e. The van der Waals surface area contributed by atoms with Crippen LogP contribution in [0.15, 0.2) is 97.2 Å². The number of carbonyl (C=O) groups is 2. The number of aliphatic hydroxyl groups is 2. The quantitative estimate of drug-likeness (QED) is 0.0321. The number of esters is 1. The summed E-state index contributed by atoms with van der Waals surface area (Å²) in [6.45, 7) is 6.39. The average Bonchev–Trinajstić information content (AvgIpc) is 3.30. The number of hydrogen-bond donors (Lipinski definition) is 3. The molecule has 0 saturated heterocycles. The first kappa shape index (κ1) is 61.8. The van der Waals surface area contributed by atoms with E-state index in [1.54, 1.807) is 0 Å². The van der Waals surface area contributed by atoms with E-state index in [1.165, 1.54) is 109 Å². The molecule has 0 aromatic rings. The number of amides is 1.